The highest BCUT2D eigenvalue weighted by Crippen LogP contribution is 2.25. The van der Waals surface area contributed by atoms with Crippen LogP contribution in [0.1, 0.15) is 15.9 Å². The molecule has 2 rings (SSSR count). The number of ether oxygens (including phenoxy) is 1. The van der Waals surface area contributed by atoms with Gasteiger partial charge in [0.05, 0.1) is 12.1 Å². The van der Waals surface area contributed by atoms with Crippen molar-refractivity contribution in [1.29, 1.82) is 0 Å². The maximum Gasteiger partial charge on any atom is 0.168 e. The number of Topliss-reactive ketones (excluding diaryl/α,β-unsaturated/α-hetero) is 1. The predicted molar refractivity (Wildman–Crippen MR) is 80.2 cm³/mol. The third-order valence-electron chi connectivity index (χ3n) is 2.78. The second-order valence-corrected chi connectivity index (χ2v) is 5.30. The van der Waals surface area contributed by atoms with Crippen LogP contribution in [0.2, 0.25) is 5.02 Å². The predicted octanol–water partition coefficient (Wildman–Crippen LogP) is 4.54. The van der Waals surface area contributed by atoms with Crippen molar-refractivity contribution in [3.8, 4) is 5.75 Å². The molecule has 0 aliphatic carbocycles. The van der Waals surface area contributed by atoms with Crippen LogP contribution in [0, 0.1) is 0 Å². The number of hydrogen-bond donors (Lipinski definition) is 0. The number of halogens is 2. The third-order valence-corrected chi connectivity index (χ3v) is 3.88. The average molecular weight is 340 g/mol. The van der Waals surface area contributed by atoms with Gasteiger partial charge in [0.1, 0.15) is 5.75 Å². The van der Waals surface area contributed by atoms with Crippen LogP contribution in [0.25, 0.3) is 0 Å². The van der Waals surface area contributed by atoms with E-state index >= 15 is 0 Å². The van der Waals surface area contributed by atoms with E-state index in [1.54, 1.807) is 31.4 Å². The van der Waals surface area contributed by atoms with E-state index in [9.17, 15) is 4.79 Å². The molecule has 0 saturated carbocycles. The lowest BCUT2D eigenvalue weighted by Gasteiger charge is -2.07. The van der Waals surface area contributed by atoms with Crippen molar-refractivity contribution in [3.63, 3.8) is 0 Å². The van der Waals surface area contributed by atoms with Crippen LogP contribution >= 0.6 is 27.5 Å². The fourth-order valence-corrected chi connectivity index (χ4v) is 2.40. The molecular formula is C15H12BrClO2. The summed E-state index contributed by atoms with van der Waals surface area (Å²) in [4.78, 5) is 12.2. The Labute approximate surface area is 125 Å². The molecule has 0 saturated heterocycles. The zero-order valence-electron chi connectivity index (χ0n) is 10.3. The Morgan fingerprint density at radius 1 is 1.26 bits per heavy atom. The Morgan fingerprint density at radius 2 is 2.00 bits per heavy atom. The summed E-state index contributed by atoms with van der Waals surface area (Å²) in [5.41, 5.74) is 1.42. The van der Waals surface area contributed by atoms with Crippen molar-refractivity contribution >= 4 is 33.3 Å². The molecule has 2 aromatic rings. The number of methoxy groups -OCH3 is 1. The molecule has 0 aromatic heterocycles. The van der Waals surface area contributed by atoms with E-state index in [1.807, 2.05) is 18.2 Å². The van der Waals surface area contributed by atoms with E-state index in [4.69, 9.17) is 16.3 Å². The zero-order chi connectivity index (χ0) is 13.8. The molecule has 19 heavy (non-hydrogen) atoms. The summed E-state index contributed by atoms with van der Waals surface area (Å²) in [5, 5.41) is 0.478. The van der Waals surface area contributed by atoms with Crippen molar-refractivity contribution < 1.29 is 9.53 Å². The minimum Gasteiger partial charge on any atom is -0.497 e. The summed E-state index contributed by atoms with van der Waals surface area (Å²) in [6.45, 7) is 0. The molecule has 0 N–H and O–H groups in total. The lowest BCUT2D eigenvalue weighted by atomic mass is 10.0. The summed E-state index contributed by atoms with van der Waals surface area (Å²) in [6, 6.07) is 12.6. The normalized spacial score (nSPS) is 10.3. The van der Waals surface area contributed by atoms with Crippen LogP contribution in [0.3, 0.4) is 0 Å². The molecule has 0 aliphatic heterocycles. The number of ketones is 1. The number of benzene rings is 2. The molecule has 0 radical (unpaired) electrons. The maximum absolute atomic E-state index is 12.2. The molecule has 0 aliphatic rings. The second-order valence-electron chi connectivity index (χ2n) is 4.04. The van der Waals surface area contributed by atoms with Gasteiger partial charge >= 0.3 is 0 Å². The lowest BCUT2D eigenvalue weighted by molar-refractivity contribution is 0.0993. The van der Waals surface area contributed by atoms with Crippen LogP contribution in [0.15, 0.2) is 46.9 Å². The zero-order valence-corrected chi connectivity index (χ0v) is 12.7. The standard InChI is InChI=1S/C15H12BrClO2/c1-19-11-6-7-13(16)10(8-11)9-15(18)12-4-2-3-5-14(12)17/h2-8H,9H2,1H3. The van der Waals surface area contributed by atoms with Gasteiger partial charge in [0, 0.05) is 16.5 Å². The van der Waals surface area contributed by atoms with Crippen molar-refractivity contribution in [1.82, 2.24) is 0 Å². The van der Waals surface area contributed by atoms with Gasteiger partial charge in [-0.05, 0) is 35.9 Å². The number of carbonyl (C=O) groups is 1. The minimum atomic E-state index is -0.0143. The fourth-order valence-electron chi connectivity index (χ4n) is 1.77. The van der Waals surface area contributed by atoms with Crippen LogP contribution in [0.4, 0.5) is 0 Å². The Balaban J connectivity index is 2.26. The van der Waals surface area contributed by atoms with E-state index < -0.39 is 0 Å². The molecule has 0 unspecified atom stereocenters. The molecular weight excluding hydrogens is 328 g/mol. The summed E-state index contributed by atoms with van der Waals surface area (Å²) in [7, 11) is 1.60. The van der Waals surface area contributed by atoms with Gasteiger partial charge in [-0.3, -0.25) is 4.79 Å². The van der Waals surface area contributed by atoms with Crippen LogP contribution in [-0.2, 0) is 6.42 Å². The first-order valence-corrected chi connectivity index (χ1v) is 6.89. The molecule has 0 atom stereocenters. The molecule has 4 heteroatoms. The number of carbonyl (C=O) groups excluding carboxylic acids is 1. The smallest absolute Gasteiger partial charge is 0.168 e. The first-order valence-electron chi connectivity index (χ1n) is 5.72. The summed E-state index contributed by atoms with van der Waals surface area (Å²) < 4.78 is 6.05. The Kier molecular flexibility index (Phi) is 4.61. The van der Waals surface area contributed by atoms with Crippen molar-refractivity contribution in [3.05, 3.63) is 63.1 Å². The average Bonchev–Trinajstić information content (AvgIpc) is 2.41. The van der Waals surface area contributed by atoms with E-state index in [-0.39, 0.29) is 12.2 Å². The SMILES string of the molecule is COc1ccc(Br)c(CC(=O)c2ccccc2Cl)c1. The highest BCUT2D eigenvalue weighted by atomic mass is 79.9. The fraction of sp³-hybridized carbons (Fsp3) is 0.133. The third kappa shape index (κ3) is 3.37. The van der Waals surface area contributed by atoms with E-state index in [1.165, 1.54) is 0 Å². The van der Waals surface area contributed by atoms with Gasteiger partial charge in [-0.1, -0.05) is 39.7 Å². The van der Waals surface area contributed by atoms with Gasteiger partial charge in [0.2, 0.25) is 0 Å². The molecule has 2 nitrogen and oxygen atoms in total. The lowest BCUT2D eigenvalue weighted by Crippen LogP contribution is -2.05. The topological polar surface area (TPSA) is 26.3 Å². The van der Waals surface area contributed by atoms with Gasteiger partial charge < -0.3 is 4.74 Å². The summed E-state index contributed by atoms with van der Waals surface area (Å²) in [5.74, 6) is 0.713. The molecule has 0 fully saturated rings. The Hall–Kier alpha value is -1.32. The Morgan fingerprint density at radius 3 is 2.68 bits per heavy atom. The first-order chi connectivity index (χ1) is 9.11. The van der Waals surface area contributed by atoms with Crippen LogP contribution in [0.5, 0.6) is 5.75 Å². The monoisotopic (exact) mass is 338 g/mol. The van der Waals surface area contributed by atoms with Gasteiger partial charge in [-0.25, -0.2) is 0 Å². The van der Waals surface area contributed by atoms with Gasteiger partial charge in [0.25, 0.3) is 0 Å². The molecule has 0 spiro atoms. The van der Waals surface area contributed by atoms with E-state index in [2.05, 4.69) is 15.9 Å². The maximum atomic E-state index is 12.2. The Bertz CT molecular complexity index is 611. The first kappa shape index (κ1) is 14.1. The van der Waals surface area contributed by atoms with Gasteiger partial charge in [-0.2, -0.15) is 0 Å². The summed E-state index contributed by atoms with van der Waals surface area (Å²) in [6.07, 6.45) is 0.279. The molecule has 0 heterocycles. The van der Waals surface area contributed by atoms with E-state index in [0.29, 0.717) is 10.6 Å². The number of rotatable bonds is 4. The van der Waals surface area contributed by atoms with Crippen molar-refractivity contribution in [2.75, 3.05) is 7.11 Å². The van der Waals surface area contributed by atoms with E-state index in [0.717, 1.165) is 15.8 Å². The van der Waals surface area contributed by atoms with Crippen LogP contribution in [-0.4, -0.2) is 12.9 Å². The van der Waals surface area contributed by atoms with Crippen LogP contribution < -0.4 is 4.74 Å². The molecule has 0 bridgehead atoms. The van der Waals surface area contributed by atoms with Crippen molar-refractivity contribution in [2.45, 2.75) is 6.42 Å². The molecule has 2 aromatic carbocycles. The molecule has 0 amide bonds. The highest BCUT2D eigenvalue weighted by Gasteiger charge is 2.13. The van der Waals surface area contributed by atoms with Crippen molar-refractivity contribution in [2.24, 2.45) is 0 Å². The second kappa shape index (κ2) is 6.22. The number of hydrogen-bond acceptors (Lipinski definition) is 2. The molecule has 98 valence electrons. The van der Waals surface area contributed by atoms with Gasteiger partial charge in [-0.15, -0.1) is 0 Å². The quantitative estimate of drug-likeness (QED) is 0.765. The summed E-state index contributed by atoms with van der Waals surface area (Å²) >= 11 is 9.46. The largest absolute Gasteiger partial charge is 0.497 e. The minimum absolute atomic E-state index is 0.0143. The van der Waals surface area contributed by atoms with Gasteiger partial charge in [0.15, 0.2) is 5.78 Å². The highest BCUT2D eigenvalue weighted by molar-refractivity contribution is 9.10.